The minimum absolute atomic E-state index is 0.000958. The van der Waals surface area contributed by atoms with Gasteiger partial charge in [0.05, 0.1) is 34.5 Å². The smallest absolute Gasteiger partial charge is 0.393 e. The fraction of sp³-hybridized carbons (Fsp3) is 0.650. The van der Waals surface area contributed by atoms with Crippen LogP contribution in [0.5, 0.6) is 0 Å². The van der Waals surface area contributed by atoms with Gasteiger partial charge in [-0.3, -0.25) is 4.79 Å². The van der Waals surface area contributed by atoms with Gasteiger partial charge >= 0.3 is 12.4 Å². The van der Waals surface area contributed by atoms with E-state index in [-0.39, 0.29) is 25.1 Å². The van der Waals surface area contributed by atoms with Crippen LogP contribution in [0.1, 0.15) is 48.9 Å². The van der Waals surface area contributed by atoms with Crippen LogP contribution in [-0.2, 0) is 0 Å². The Labute approximate surface area is 177 Å². The van der Waals surface area contributed by atoms with E-state index in [9.17, 15) is 31.1 Å². The maximum absolute atomic E-state index is 12.8. The third-order valence-corrected chi connectivity index (χ3v) is 5.76. The number of nitrogens with zero attached hydrogens (tertiary/aromatic N) is 1. The van der Waals surface area contributed by atoms with Gasteiger partial charge in [0.1, 0.15) is 0 Å². The molecule has 1 aliphatic carbocycles. The Bertz CT molecular complexity index is 759. The summed E-state index contributed by atoms with van der Waals surface area (Å²) in [4.78, 5) is 13.0. The number of primary amides is 1. The summed E-state index contributed by atoms with van der Waals surface area (Å²) < 4.78 is 74.1. The molecule has 1 atom stereocenters. The van der Waals surface area contributed by atoms with E-state index in [0.717, 1.165) is 19.3 Å². The zero-order valence-corrected chi connectivity index (χ0v) is 17.2. The Morgan fingerprint density at radius 1 is 1.00 bits per heavy atom. The largest absolute Gasteiger partial charge is 0.397 e. The Morgan fingerprint density at radius 2 is 1.58 bits per heavy atom. The van der Waals surface area contributed by atoms with E-state index in [1.165, 1.54) is 11.0 Å². The number of hydrogen-bond donors (Lipinski definition) is 3. The van der Waals surface area contributed by atoms with Gasteiger partial charge in [0, 0.05) is 20.1 Å². The first-order valence-electron chi connectivity index (χ1n) is 10.1. The number of benzene rings is 1. The highest BCUT2D eigenvalue weighted by Crippen LogP contribution is 2.39. The lowest BCUT2D eigenvalue weighted by Crippen LogP contribution is -2.29. The van der Waals surface area contributed by atoms with Crippen LogP contribution >= 0.6 is 0 Å². The summed E-state index contributed by atoms with van der Waals surface area (Å²) in [5.74, 6) is -3.11. The molecule has 1 heterocycles. The molecular formula is C20H28F6N4O. The van der Waals surface area contributed by atoms with Crippen molar-refractivity contribution in [3.63, 3.8) is 0 Å². The van der Waals surface area contributed by atoms with Crippen molar-refractivity contribution in [1.82, 2.24) is 0 Å². The molecule has 0 radical (unpaired) electrons. The normalized spacial score (nSPS) is 20.2. The van der Waals surface area contributed by atoms with Crippen molar-refractivity contribution in [3.8, 4) is 0 Å². The number of anilines is 3. The van der Waals surface area contributed by atoms with Crippen LogP contribution in [0.4, 0.5) is 43.4 Å². The number of rotatable bonds is 3. The van der Waals surface area contributed by atoms with Crippen LogP contribution in [0.15, 0.2) is 12.1 Å². The van der Waals surface area contributed by atoms with Crippen molar-refractivity contribution in [3.05, 3.63) is 17.7 Å². The van der Waals surface area contributed by atoms with Gasteiger partial charge in [-0.1, -0.05) is 19.3 Å². The minimum atomic E-state index is -4.23. The Hall–Kier alpha value is -2.33. The van der Waals surface area contributed by atoms with Crippen molar-refractivity contribution in [2.24, 2.45) is 17.6 Å². The van der Waals surface area contributed by atoms with Gasteiger partial charge in [-0.15, -0.1) is 0 Å². The molecule has 0 bridgehead atoms. The molecule has 11 heteroatoms. The highest BCUT2D eigenvalue weighted by atomic mass is 19.4. The standard InChI is InChI=1S/C13H17F3N4O.C7H11F3/c1-19-10-5-11(8(12(18)21)4-9(10)17)20-3-2-7(6-20)13(14,15)16;8-7(9,10)6-4-2-1-3-5-6/h4-5,7,19H,2-3,6,17H2,1H3,(H2,18,21);6H,1-5H2. The molecule has 5 nitrogen and oxygen atoms in total. The summed E-state index contributed by atoms with van der Waals surface area (Å²) in [5.41, 5.74) is 12.4. The van der Waals surface area contributed by atoms with Crippen LogP contribution in [0.25, 0.3) is 0 Å². The predicted molar refractivity (Wildman–Crippen MR) is 108 cm³/mol. The Morgan fingerprint density at radius 3 is 2.00 bits per heavy atom. The molecule has 1 aromatic rings. The topological polar surface area (TPSA) is 84.4 Å². The molecule has 0 aromatic heterocycles. The molecule has 1 unspecified atom stereocenters. The van der Waals surface area contributed by atoms with Gasteiger partial charge in [-0.2, -0.15) is 26.3 Å². The molecule has 1 saturated carbocycles. The summed E-state index contributed by atoms with van der Waals surface area (Å²) in [7, 11) is 1.64. The number of halogens is 6. The quantitative estimate of drug-likeness (QED) is 0.447. The van der Waals surface area contributed by atoms with E-state index >= 15 is 0 Å². The van der Waals surface area contributed by atoms with Crippen LogP contribution in [0, 0.1) is 11.8 Å². The van der Waals surface area contributed by atoms with Crippen LogP contribution in [-0.4, -0.2) is 38.4 Å². The first-order chi connectivity index (χ1) is 14.3. The number of amides is 1. The minimum Gasteiger partial charge on any atom is -0.397 e. The lowest BCUT2D eigenvalue weighted by atomic mass is 9.89. The van der Waals surface area contributed by atoms with Gasteiger partial charge in [0.15, 0.2) is 0 Å². The van der Waals surface area contributed by atoms with Crippen molar-refractivity contribution in [1.29, 1.82) is 0 Å². The van der Waals surface area contributed by atoms with E-state index in [1.54, 1.807) is 13.1 Å². The summed E-state index contributed by atoms with van der Waals surface area (Å²) in [5, 5.41) is 2.84. The second kappa shape index (κ2) is 9.86. The first kappa shape index (κ1) is 24.9. The number of carbonyl (C=O) groups is 1. The van der Waals surface area contributed by atoms with E-state index < -0.39 is 30.1 Å². The molecule has 5 N–H and O–H groups in total. The molecule has 3 rings (SSSR count). The molecule has 1 amide bonds. The van der Waals surface area contributed by atoms with E-state index in [0.29, 0.717) is 29.9 Å². The zero-order valence-electron chi connectivity index (χ0n) is 17.2. The molecule has 1 aromatic carbocycles. The Balaban J connectivity index is 0.000000285. The predicted octanol–water partition coefficient (Wildman–Crippen LogP) is 4.93. The van der Waals surface area contributed by atoms with E-state index in [1.807, 2.05) is 0 Å². The second-order valence-electron chi connectivity index (χ2n) is 7.92. The number of nitrogens with two attached hydrogens (primary N) is 2. The summed E-state index contributed by atoms with van der Waals surface area (Å²) in [6.07, 6.45) is -4.98. The first-order valence-corrected chi connectivity index (χ1v) is 10.1. The third-order valence-electron chi connectivity index (χ3n) is 5.76. The molecule has 2 fully saturated rings. The molecule has 31 heavy (non-hydrogen) atoms. The van der Waals surface area contributed by atoms with Crippen molar-refractivity contribution < 1.29 is 31.1 Å². The molecule has 1 aliphatic heterocycles. The van der Waals surface area contributed by atoms with Crippen molar-refractivity contribution >= 4 is 23.0 Å². The molecular weight excluding hydrogens is 426 g/mol. The average Bonchev–Trinajstić information content (AvgIpc) is 3.19. The number of alkyl halides is 6. The monoisotopic (exact) mass is 454 g/mol. The maximum atomic E-state index is 12.8. The fourth-order valence-electron chi connectivity index (χ4n) is 3.96. The lowest BCUT2D eigenvalue weighted by Gasteiger charge is -2.23. The van der Waals surface area contributed by atoms with Crippen LogP contribution < -0.4 is 21.7 Å². The number of nitrogen functional groups attached to an aromatic ring is 1. The zero-order chi connectivity index (χ0) is 23.4. The lowest BCUT2D eigenvalue weighted by molar-refractivity contribution is -0.181. The van der Waals surface area contributed by atoms with Gasteiger partial charge in [-0.25, -0.2) is 0 Å². The Kier molecular flexibility index (Phi) is 7.93. The summed E-state index contributed by atoms with van der Waals surface area (Å²) in [6, 6.07) is 2.96. The third kappa shape index (κ3) is 6.57. The number of hydrogen-bond acceptors (Lipinski definition) is 4. The molecule has 176 valence electrons. The fourth-order valence-corrected chi connectivity index (χ4v) is 3.96. The number of carbonyl (C=O) groups excluding carboxylic acids is 1. The highest BCUT2D eigenvalue weighted by molar-refractivity contribution is 6.01. The van der Waals surface area contributed by atoms with Gasteiger partial charge in [0.2, 0.25) is 0 Å². The molecule has 2 aliphatic rings. The SMILES string of the molecule is CNc1cc(N2CCC(C(F)(F)F)C2)c(C(N)=O)cc1N.FC(F)(F)C1CCCCC1. The molecule has 1 saturated heterocycles. The van der Waals surface area contributed by atoms with Crippen LogP contribution in [0.3, 0.4) is 0 Å². The average molecular weight is 454 g/mol. The van der Waals surface area contributed by atoms with E-state index in [2.05, 4.69) is 5.32 Å². The second-order valence-corrected chi connectivity index (χ2v) is 7.92. The van der Waals surface area contributed by atoms with E-state index in [4.69, 9.17) is 11.5 Å². The van der Waals surface area contributed by atoms with Gasteiger partial charge < -0.3 is 21.7 Å². The van der Waals surface area contributed by atoms with Gasteiger partial charge in [-0.05, 0) is 31.4 Å². The maximum Gasteiger partial charge on any atom is 0.393 e. The highest BCUT2D eigenvalue weighted by Gasteiger charge is 2.44. The number of nitrogens with one attached hydrogen (secondary N) is 1. The summed E-state index contributed by atoms with van der Waals surface area (Å²) >= 11 is 0. The summed E-state index contributed by atoms with van der Waals surface area (Å²) in [6.45, 7) is 0.0361. The van der Waals surface area contributed by atoms with Crippen LogP contribution in [0.2, 0.25) is 0 Å². The van der Waals surface area contributed by atoms with Gasteiger partial charge in [0.25, 0.3) is 5.91 Å². The van der Waals surface area contributed by atoms with Crippen molar-refractivity contribution in [2.45, 2.75) is 50.9 Å². The molecule has 0 spiro atoms. The van der Waals surface area contributed by atoms with Crippen molar-refractivity contribution in [2.75, 3.05) is 36.1 Å².